The van der Waals surface area contributed by atoms with Crippen LogP contribution in [-0.4, -0.2) is 23.9 Å². The van der Waals surface area contributed by atoms with Gasteiger partial charge in [0.2, 0.25) is 0 Å². The molecule has 28 heavy (non-hydrogen) atoms. The number of hydrogen-bond acceptors (Lipinski definition) is 3. The van der Waals surface area contributed by atoms with Crippen molar-refractivity contribution in [1.29, 1.82) is 0 Å². The van der Waals surface area contributed by atoms with Crippen LogP contribution in [0, 0.1) is 6.57 Å². The lowest BCUT2D eigenvalue weighted by atomic mass is 9.61. The van der Waals surface area contributed by atoms with Crippen molar-refractivity contribution >= 4 is 43.6 Å². The first-order valence-electron chi connectivity index (χ1n) is 9.00. The molecule has 3 rings (SSSR count). The van der Waals surface area contributed by atoms with Crippen LogP contribution in [0.4, 0.5) is 0 Å². The summed E-state index contributed by atoms with van der Waals surface area (Å²) in [5.74, 6) is -1.64. The van der Waals surface area contributed by atoms with Crippen LogP contribution in [0.1, 0.15) is 42.7 Å². The molecule has 2 atom stereocenters. The zero-order chi connectivity index (χ0) is 20.3. The van der Waals surface area contributed by atoms with Gasteiger partial charge in [0, 0.05) is 21.8 Å². The molecule has 2 aromatic rings. The zero-order valence-corrected chi connectivity index (χ0v) is 18.5. The number of nitrogens with zero attached hydrogens (tertiary/aromatic N) is 1. The van der Waals surface area contributed by atoms with Crippen LogP contribution in [0.15, 0.2) is 57.5 Å². The maximum absolute atomic E-state index is 13.2. The van der Waals surface area contributed by atoms with Crippen LogP contribution in [0.2, 0.25) is 0 Å². The van der Waals surface area contributed by atoms with E-state index in [1.165, 1.54) is 0 Å². The molecule has 0 bridgehead atoms. The Hall–Kier alpha value is -1.97. The summed E-state index contributed by atoms with van der Waals surface area (Å²) in [7, 11) is 0. The lowest BCUT2D eigenvalue weighted by molar-refractivity contribution is -0.151. The van der Waals surface area contributed by atoms with Crippen LogP contribution in [0.25, 0.3) is 4.85 Å². The fraction of sp³-hybridized carbons (Fsp3) is 0.318. The van der Waals surface area contributed by atoms with Crippen LogP contribution in [0.3, 0.4) is 0 Å². The molecule has 0 radical (unpaired) electrons. The second-order valence-corrected chi connectivity index (χ2v) is 8.64. The Morgan fingerprint density at radius 3 is 1.82 bits per heavy atom. The Kier molecular flexibility index (Phi) is 6.36. The predicted molar refractivity (Wildman–Crippen MR) is 114 cm³/mol. The Morgan fingerprint density at radius 1 is 1.04 bits per heavy atom. The molecular formula is C22H19Br2NO3. The SMILES string of the molecule is [C-]#[N+]C1(C(=O)OCC)[C@H](c2ccc(Br)cc2)CC(=O)C[C@H]1c1ccc(Br)cc1. The minimum Gasteiger partial charge on any atom is -0.460 e. The first-order chi connectivity index (χ1) is 13.4. The fourth-order valence-corrected chi connectivity index (χ4v) is 4.49. The summed E-state index contributed by atoms with van der Waals surface area (Å²) in [5.41, 5.74) is 0.107. The second kappa shape index (κ2) is 8.59. The van der Waals surface area contributed by atoms with Gasteiger partial charge in [-0.3, -0.25) is 9.64 Å². The van der Waals surface area contributed by atoms with Gasteiger partial charge < -0.3 is 4.74 Å². The van der Waals surface area contributed by atoms with Gasteiger partial charge in [0.1, 0.15) is 5.78 Å². The topological polar surface area (TPSA) is 47.7 Å². The number of Topliss-reactive ketones (excluding diaryl/α,β-unsaturated/α-hetero) is 1. The largest absolute Gasteiger partial charge is 0.460 e. The smallest absolute Gasteiger partial charge is 0.394 e. The average molecular weight is 505 g/mol. The van der Waals surface area contributed by atoms with E-state index in [2.05, 4.69) is 36.7 Å². The molecule has 0 saturated heterocycles. The summed E-state index contributed by atoms with van der Waals surface area (Å²) < 4.78 is 7.17. The normalized spacial score (nSPS) is 21.0. The minimum absolute atomic E-state index is 0.0458. The number of hydrogen-bond donors (Lipinski definition) is 0. The van der Waals surface area contributed by atoms with Crippen molar-refractivity contribution in [3.63, 3.8) is 0 Å². The Bertz CT molecular complexity index is 859. The number of benzene rings is 2. The van der Waals surface area contributed by atoms with E-state index in [-0.39, 0.29) is 25.2 Å². The number of ketones is 1. The van der Waals surface area contributed by atoms with E-state index >= 15 is 0 Å². The standard InChI is InChI=1S/C22H19Br2NO3/c1-3-28-21(27)22(25-2)19(14-4-8-16(23)9-5-14)12-18(26)13-20(22)15-6-10-17(24)11-7-15/h4-11,19-20H,3,12-13H2,1H3/t19-,20-/m0/s1. The molecule has 6 heteroatoms. The van der Waals surface area contributed by atoms with Gasteiger partial charge in [-0.2, -0.15) is 0 Å². The van der Waals surface area contributed by atoms with Crippen molar-refractivity contribution in [2.45, 2.75) is 37.1 Å². The quantitative estimate of drug-likeness (QED) is 0.398. The van der Waals surface area contributed by atoms with Crippen LogP contribution in [-0.2, 0) is 14.3 Å². The summed E-state index contributed by atoms with van der Waals surface area (Å²) in [5, 5.41) is 0. The molecule has 0 N–H and O–H groups in total. The third-order valence-corrected chi connectivity index (χ3v) is 6.32. The van der Waals surface area contributed by atoms with Gasteiger partial charge in [0.15, 0.2) is 0 Å². The highest BCUT2D eigenvalue weighted by molar-refractivity contribution is 9.10. The zero-order valence-electron chi connectivity index (χ0n) is 15.3. The van der Waals surface area contributed by atoms with Crippen molar-refractivity contribution < 1.29 is 14.3 Å². The van der Waals surface area contributed by atoms with Crippen LogP contribution < -0.4 is 0 Å². The number of ether oxygens (including phenoxy) is 1. The Balaban J connectivity index is 2.20. The van der Waals surface area contributed by atoms with Gasteiger partial charge in [-0.15, -0.1) is 0 Å². The van der Waals surface area contributed by atoms with Crippen molar-refractivity contribution in [1.82, 2.24) is 0 Å². The number of rotatable bonds is 4. The second-order valence-electron chi connectivity index (χ2n) is 6.81. The molecular weight excluding hydrogens is 486 g/mol. The van der Waals surface area contributed by atoms with Crippen molar-refractivity contribution in [3.8, 4) is 0 Å². The maximum atomic E-state index is 13.2. The van der Waals surface area contributed by atoms with E-state index in [9.17, 15) is 9.59 Å². The molecule has 0 heterocycles. The highest BCUT2D eigenvalue weighted by Gasteiger charge is 2.64. The Labute approximate surface area is 181 Å². The van der Waals surface area contributed by atoms with Crippen LogP contribution in [0.5, 0.6) is 0 Å². The third-order valence-electron chi connectivity index (χ3n) is 5.26. The van der Waals surface area contributed by atoms with E-state index in [0.29, 0.717) is 0 Å². The molecule has 1 aliphatic carbocycles. The predicted octanol–water partition coefficient (Wildman–Crippen LogP) is 5.66. The summed E-state index contributed by atoms with van der Waals surface area (Å²) in [4.78, 5) is 29.8. The Morgan fingerprint density at radius 2 is 1.46 bits per heavy atom. The summed E-state index contributed by atoms with van der Waals surface area (Å²) >= 11 is 6.83. The number of carbonyl (C=O) groups is 2. The number of esters is 1. The molecule has 144 valence electrons. The molecule has 0 unspecified atom stereocenters. The van der Waals surface area contributed by atoms with Crippen molar-refractivity contribution in [2.75, 3.05) is 6.61 Å². The van der Waals surface area contributed by atoms with Gasteiger partial charge in [0.05, 0.1) is 18.4 Å². The lowest BCUT2D eigenvalue weighted by Crippen LogP contribution is -2.52. The fourth-order valence-electron chi connectivity index (χ4n) is 3.96. The van der Waals surface area contributed by atoms with E-state index in [1.807, 2.05) is 48.5 Å². The molecule has 4 nitrogen and oxygen atoms in total. The van der Waals surface area contributed by atoms with E-state index < -0.39 is 23.3 Å². The molecule has 0 aromatic heterocycles. The average Bonchev–Trinajstić information content (AvgIpc) is 2.69. The molecule has 1 fully saturated rings. The molecule has 0 amide bonds. The van der Waals surface area contributed by atoms with Gasteiger partial charge in [0.25, 0.3) is 0 Å². The van der Waals surface area contributed by atoms with E-state index in [1.54, 1.807) is 6.92 Å². The lowest BCUT2D eigenvalue weighted by Gasteiger charge is -2.38. The van der Waals surface area contributed by atoms with Gasteiger partial charge in [-0.1, -0.05) is 56.1 Å². The molecule has 2 aromatic carbocycles. The van der Waals surface area contributed by atoms with Gasteiger partial charge in [-0.05, 0) is 42.3 Å². The van der Waals surface area contributed by atoms with E-state index in [0.717, 1.165) is 20.1 Å². The van der Waals surface area contributed by atoms with Gasteiger partial charge >= 0.3 is 11.5 Å². The highest BCUT2D eigenvalue weighted by atomic mass is 79.9. The van der Waals surface area contributed by atoms with E-state index in [4.69, 9.17) is 11.3 Å². The summed E-state index contributed by atoms with van der Waals surface area (Å²) in [6.45, 7) is 9.97. The number of carbonyl (C=O) groups excluding carboxylic acids is 2. The number of halogens is 2. The molecule has 1 aliphatic rings. The maximum Gasteiger partial charge on any atom is 0.394 e. The first-order valence-corrected chi connectivity index (χ1v) is 10.6. The first kappa shape index (κ1) is 20.8. The highest BCUT2D eigenvalue weighted by Crippen LogP contribution is 2.51. The molecule has 0 spiro atoms. The molecule has 0 aliphatic heterocycles. The summed E-state index contributed by atoms with van der Waals surface area (Å²) in [6, 6.07) is 14.9. The monoisotopic (exact) mass is 503 g/mol. The van der Waals surface area contributed by atoms with Gasteiger partial charge in [-0.25, -0.2) is 11.4 Å². The van der Waals surface area contributed by atoms with Crippen LogP contribution >= 0.6 is 31.9 Å². The minimum atomic E-state index is -1.48. The third kappa shape index (κ3) is 3.78. The van der Waals surface area contributed by atoms with Crippen molar-refractivity contribution in [3.05, 3.63) is 80.0 Å². The summed E-state index contributed by atoms with van der Waals surface area (Å²) in [6.07, 6.45) is 0.297. The van der Waals surface area contributed by atoms with Crippen molar-refractivity contribution in [2.24, 2.45) is 0 Å². The molecule has 1 saturated carbocycles.